The second-order valence-electron chi connectivity index (χ2n) is 4.66. The fourth-order valence-corrected chi connectivity index (χ4v) is 1.93. The van der Waals surface area contributed by atoms with Crippen LogP contribution in [0.25, 0.3) is 11.0 Å². The number of rotatable bonds is 4. The van der Waals surface area contributed by atoms with Crippen molar-refractivity contribution in [2.45, 2.75) is 31.7 Å². The Labute approximate surface area is 104 Å². The molecule has 1 heterocycles. The summed E-state index contributed by atoms with van der Waals surface area (Å²) in [7, 11) is 0. The van der Waals surface area contributed by atoms with Crippen LogP contribution in [0.4, 0.5) is 4.39 Å². The van der Waals surface area contributed by atoms with Gasteiger partial charge in [-0.3, -0.25) is 4.79 Å². The molecule has 18 heavy (non-hydrogen) atoms. The van der Waals surface area contributed by atoms with Crippen LogP contribution >= 0.6 is 0 Å². The van der Waals surface area contributed by atoms with Crippen LogP contribution in [0.1, 0.15) is 25.1 Å². The lowest BCUT2D eigenvalue weighted by Gasteiger charge is -2.00. The van der Waals surface area contributed by atoms with Crippen LogP contribution in [0.2, 0.25) is 0 Å². The fraction of sp³-hybridized carbons (Fsp3) is 0.385. The summed E-state index contributed by atoms with van der Waals surface area (Å²) in [4.78, 5) is 18.7. The molecule has 1 amide bonds. The quantitative estimate of drug-likeness (QED) is 0.867. The third kappa shape index (κ3) is 2.34. The number of imidazole rings is 1. The van der Waals surface area contributed by atoms with E-state index in [9.17, 15) is 9.18 Å². The Morgan fingerprint density at radius 3 is 3.06 bits per heavy atom. The second kappa shape index (κ2) is 4.40. The smallest absolute Gasteiger partial charge is 0.220 e. The first-order chi connectivity index (χ1) is 8.72. The van der Waals surface area contributed by atoms with Gasteiger partial charge in [-0.25, -0.2) is 9.37 Å². The minimum absolute atomic E-state index is 0.0402. The van der Waals surface area contributed by atoms with E-state index < -0.39 is 0 Å². The fourth-order valence-electron chi connectivity index (χ4n) is 1.93. The van der Waals surface area contributed by atoms with Crippen molar-refractivity contribution in [1.29, 1.82) is 0 Å². The van der Waals surface area contributed by atoms with Gasteiger partial charge in [0.05, 0.1) is 5.52 Å². The van der Waals surface area contributed by atoms with E-state index in [4.69, 9.17) is 0 Å². The van der Waals surface area contributed by atoms with E-state index in [0.717, 1.165) is 12.8 Å². The minimum Gasteiger partial charge on any atom is -0.353 e. The third-order valence-corrected chi connectivity index (χ3v) is 3.04. The monoisotopic (exact) mass is 247 g/mol. The molecule has 2 N–H and O–H groups in total. The van der Waals surface area contributed by atoms with Gasteiger partial charge in [-0.15, -0.1) is 0 Å². The van der Waals surface area contributed by atoms with Crippen molar-refractivity contribution < 1.29 is 9.18 Å². The average Bonchev–Trinajstić information content (AvgIpc) is 3.04. The molecule has 0 unspecified atom stereocenters. The highest BCUT2D eigenvalue weighted by atomic mass is 19.1. The number of amides is 1. The number of nitrogens with zero attached hydrogens (tertiary/aromatic N) is 1. The SMILES string of the molecule is O=C(CCc1nc2c(F)cccc2[nH]1)NC1CC1. The number of aromatic amines is 1. The lowest BCUT2D eigenvalue weighted by molar-refractivity contribution is -0.121. The van der Waals surface area contributed by atoms with E-state index in [1.807, 2.05) is 0 Å². The number of aromatic nitrogens is 2. The molecule has 94 valence electrons. The Hall–Kier alpha value is -1.91. The van der Waals surface area contributed by atoms with Gasteiger partial charge in [0.1, 0.15) is 11.3 Å². The van der Waals surface area contributed by atoms with Crippen molar-refractivity contribution in [1.82, 2.24) is 15.3 Å². The maximum Gasteiger partial charge on any atom is 0.220 e. The molecule has 0 radical (unpaired) electrons. The zero-order valence-corrected chi connectivity index (χ0v) is 9.87. The normalized spacial score (nSPS) is 14.9. The highest BCUT2D eigenvalue weighted by molar-refractivity contribution is 5.78. The van der Waals surface area contributed by atoms with Crippen molar-refractivity contribution in [3.05, 3.63) is 29.8 Å². The molecule has 0 spiro atoms. The first-order valence-electron chi connectivity index (χ1n) is 6.15. The molecular weight excluding hydrogens is 233 g/mol. The Balaban J connectivity index is 1.66. The number of hydrogen-bond acceptors (Lipinski definition) is 2. The van der Waals surface area contributed by atoms with Crippen LogP contribution in [0.5, 0.6) is 0 Å². The molecule has 1 saturated carbocycles. The van der Waals surface area contributed by atoms with E-state index >= 15 is 0 Å². The van der Waals surface area contributed by atoms with Gasteiger partial charge in [0.25, 0.3) is 0 Å². The van der Waals surface area contributed by atoms with Crippen molar-refractivity contribution in [3.63, 3.8) is 0 Å². The summed E-state index contributed by atoms with van der Waals surface area (Å²) in [6, 6.07) is 5.18. The Morgan fingerprint density at radius 1 is 1.50 bits per heavy atom. The van der Waals surface area contributed by atoms with Crippen LogP contribution in [0.15, 0.2) is 18.2 Å². The van der Waals surface area contributed by atoms with Crippen LogP contribution in [-0.2, 0) is 11.2 Å². The van der Waals surface area contributed by atoms with Crippen LogP contribution in [0, 0.1) is 5.82 Å². The molecule has 0 saturated heterocycles. The molecule has 1 aliphatic carbocycles. The molecule has 1 aromatic carbocycles. The number of fused-ring (bicyclic) bond motifs is 1. The van der Waals surface area contributed by atoms with Gasteiger partial charge in [0.15, 0.2) is 5.82 Å². The first-order valence-corrected chi connectivity index (χ1v) is 6.15. The number of para-hydroxylation sites is 1. The number of halogens is 1. The number of carbonyl (C=O) groups excluding carboxylic acids is 1. The van der Waals surface area contributed by atoms with Gasteiger partial charge < -0.3 is 10.3 Å². The molecule has 1 fully saturated rings. The largest absolute Gasteiger partial charge is 0.353 e. The number of benzene rings is 1. The van der Waals surface area contributed by atoms with Crippen molar-refractivity contribution in [2.24, 2.45) is 0 Å². The van der Waals surface area contributed by atoms with Gasteiger partial charge >= 0.3 is 0 Å². The van der Waals surface area contributed by atoms with Gasteiger partial charge in [-0.1, -0.05) is 6.07 Å². The average molecular weight is 247 g/mol. The second-order valence-corrected chi connectivity index (χ2v) is 4.66. The number of hydrogen-bond donors (Lipinski definition) is 2. The molecular formula is C13H14FN3O. The summed E-state index contributed by atoms with van der Waals surface area (Å²) in [6.07, 6.45) is 3.06. The lowest BCUT2D eigenvalue weighted by Crippen LogP contribution is -2.25. The number of nitrogens with one attached hydrogen (secondary N) is 2. The topological polar surface area (TPSA) is 57.8 Å². The summed E-state index contributed by atoms with van der Waals surface area (Å²) in [5, 5.41) is 2.91. The summed E-state index contributed by atoms with van der Waals surface area (Å²) in [5.74, 6) is 0.358. The summed E-state index contributed by atoms with van der Waals surface area (Å²) in [5.41, 5.74) is 1.02. The molecule has 5 heteroatoms. The molecule has 1 aromatic heterocycles. The summed E-state index contributed by atoms with van der Waals surface area (Å²) < 4.78 is 13.4. The van der Waals surface area contributed by atoms with Crippen molar-refractivity contribution >= 4 is 16.9 Å². The minimum atomic E-state index is -0.336. The van der Waals surface area contributed by atoms with E-state index in [0.29, 0.717) is 35.7 Å². The van der Waals surface area contributed by atoms with Gasteiger partial charge in [-0.2, -0.15) is 0 Å². The number of aryl methyl sites for hydroxylation is 1. The van der Waals surface area contributed by atoms with E-state index in [1.165, 1.54) is 6.07 Å². The molecule has 1 aliphatic rings. The molecule has 0 aliphatic heterocycles. The Kier molecular flexibility index (Phi) is 2.74. The highest BCUT2D eigenvalue weighted by Gasteiger charge is 2.23. The van der Waals surface area contributed by atoms with Crippen molar-refractivity contribution in [2.75, 3.05) is 0 Å². The lowest BCUT2D eigenvalue weighted by atomic mass is 10.3. The van der Waals surface area contributed by atoms with Gasteiger partial charge in [0, 0.05) is 18.9 Å². The molecule has 4 nitrogen and oxygen atoms in total. The molecule has 0 atom stereocenters. The van der Waals surface area contributed by atoms with E-state index in [-0.39, 0.29) is 11.7 Å². The van der Waals surface area contributed by atoms with E-state index in [1.54, 1.807) is 12.1 Å². The van der Waals surface area contributed by atoms with E-state index in [2.05, 4.69) is 15.3 Å². The van der Waals surface area contributed by atoms with Crippen molar-refractivity contribution in [3.8, 4) is 0 Å². The maximum absolute atomic E-state index is 13.4. The predicted octanol–water partition coefficient (Wildman–Crippen LogP) is 1.91. The molecule has 2 aromatic rings. The summed E-state index contributed by atoms with van der Waals surface area (Å²) >= 11 is 0. The predicted molar refractivity (Wildman–Crippen MR) is 65.5 cm³/mol. The molecule has 3 rings (SSSR count). The Morgan fingerprint density at radius 2 is 2.33 bits per heavy atom. The third-order valence-electron chi connectivity index (χ3n) is 3.04. The molecule has 0 bridgehead atoms. The van der Waals surface area contributed by atoms with Gasteiger partial charge in [-0.05, 0) is 25.0 Å². The zero-order chi connectivity index (χ0) is 12.5. The van der Waals surface area contributed by atoms with Crippen LogP contribution < -0.4 is 5.32 Å². The number of H-pyrrole nitrogens is 1. The standard InChI is InChI=1S/C13H14FN3O/c14-9-2-1-3-10-13(9)17-11(16-10)6-7-12(18)15-8-4-5-8/h1-3,8H,4-7H2,(H,15,18)(H,16,17). The maximum atomic E-state index is 13.4. The first kappa shape index (κ1) is 11.2. The van der Waals surface area contributed by atoms with Crippen LogP contribution in [-0.4, -0.2) is 21.9 Å². The number of carbonyl (C=O) groups is 1. The Bertz CT molecular complexity index is 589. The summed E-state index contributed by atoms with van der Waals surface area (Å²) in [6.45, 7) is 0. The van der Waals surface area contributed by atoms with Gasteiger partial charge in [0.2, 0.25) is 5.91 Å². The highest BCUT2D eigenvalue weighted by Crippen LogP contribution is 2.19. The van der Waals surface area contributed by atoms with Crippen LogP contribution in [0.3, 0.4) is 0 Å². The zero-order valence-electron chi connectivity index (χ0n) is 9.87.